The quantitative estimate of drug-likeness (QED) is 0.236. The molecule has 1 N–H and O–H groups in total. The van der Waals surface area contributed by atoms with Gasteiger partial charge < -0.3 is 15.0 Å². The minimum absolute atomic E-state index is 0.231. The van der Waals surface area contributed by atoms with E-state index in [0.29, 0.717) is 22.8 Å². The molecule has 0 bridgehead atoms. The average Bonchev–Trinajstić information content (AvgIpc) is 3.09. The van der Waals surface area contributed by atoms with E-state index in [4.69, 9.17) is 16.3 Å². The molecule has 0 fully saturated rings. The first kappa shape index (κ1) is 27.5. The summed E-state index contributed by atoms with van der Waals surface area (Å²) in [6.45, 7) is 2.52. The van der Waals surface area contributed by atoms with Crippen molar-refractivity contribution in [2.75, 3.05) is 13.7 Å². The van der Waals surface area contributed by atoms with Crippen LogP contribution in [0.1, 0.15) is 18.5 Å². The summed E-state index contributed by atoms with van der Waals surface area (Å²) in [6.07, 6.45) is 5.73. The summed E-state index contributed by atoms with van der Waals surface area (Å²) in [5, 5.41) is 3.44. The van der Waals surface area contributed by atoms with Crippen LogP contribution in [0.3, 0.4) is 0 Å². The fourth-order valence-electron chi connectivity index (χ4n) is 2.96. The van der Waals surface area contributed by atoms with Crippen molar-refractivity contribution in [2.24, 2.45) is 7.05 Å². The molecule has 3 rings (SSSR count). The number of aromatic nitrogens is 2. The van der Waals surface area contributed by atoms with Gasteiger partial charge >= 0.3 is 45.0 Å². The van der Waals surface area contributed by atoms with Crippen molar-refractivity contribution >= 4 is 31.4 Å². The Labute approximate surface area is 195 Å². The minimum atomic E-state index is -10.7. The maximum absolute atomic E-state index is 12.8. The second kappa shape index (κ2) is 9.10. The van der Waals surface area contributed by atoms with Gasteiger partial charge in [-0.1, -0.05) is 23.7 Å². The molecule has 34 heavy (non-hydrogen) atoms. The molecular weight excluding hydrogens is 513 g/mol. The van der Waals surface area contributed by atoms with Crippen molar-refractivity contribution in [1.29, 1.82) is 0 Å². The number of nitrogens with zero attached hydrogens (tertiary/aromatic N) is 3. The van der Waals surface area contributed by atoms with E-state index in [1.165, 1.54) is 4.90 Å². The molecule has 1 aliphatic heterocycles. The molecule has 0 spiro atoms. The number of aryl methyl sites for hydroxylation is 1. The van der Waals surface area contributed by atoms with E-state index in [0.717, 1.165) is 5.56 Å². The van der Waals surface area contributed by atoms with Crippen LogP contribution < -0.4 is 9.88 Å². The third kappa shape index (κ3) is 9.22. The Morgan fingerprint density at radius 1 is 1.18 bits per heavy atom. The Hall–Kier alpha value is -2.79. The number of hydrogen-bond acceptors (Lipinski definition) is 3. The SMILES string of the molecule is CC1=C(C(=O)OCCn2cc[n+](C)c2)C(c2ccc(Cl)cc2)NC(=O)N1C.F[P-](F)(F)(F)(F)F. The summed E-state index contributed by atoms with van der Waals surface area (Å²) in [5.74, 6) is -0.448. The zero-order valence-corrected chi connectivity index (χ0v) is 19.8. The van der Waals surface area contributed by atoms with Gasteiger partial charge in [-0.15, -0.1) is 0 Å². The van der Waals surface area contributed by atoms with Crippen molar-refractivity contribution in [1.82, 2.24) is 14.8 Å². The number of carbonyl (C=O) groups excluding carboxylic acids is 2. The predicted octanol–water partition coefficient (Wildman–Crippen LogP) is 5.56. The Kier molecular flexibility index (Phi) is 7.35. The van der Waals surface area contributed by atoms with Crippen LogP contribution >= 0.6 is 19.4 Å². The first-order chi connectivity index (χ1) is 15.3. The molecule has 0 saturated carbocycles. The zero-order chi connectivity index (χ0) is 26.0. The van der Waals surface area contributed by atoms with E-state index in [1.807, 2.05) is 34.9 Å². The zero-order valence-electron chi connectivity index (χ0n) is 18.2. The second-order valence-electron chi connectivity index (χ2n) is 7.40. The Morgan fingerprint density at radius 2 is 1.74 bits per heavy atom. The molecule has 190 valence electrons. The standard InChI is InChI=1S/C19H21ClN4O3.F6P/c1-13-16(18(25)27-11-10-24-9-8-22(2)12-24)17(21-19(26)23(13)3)14-4-6-15(20)7-5-14;1-7(2,3,4,5)6/h4-9,12,17H,10-11H2,1-3H3;/q;-1/p+1. The molecule has 1 aromatic carbocycles. The van der Waals surface area contributed by atoms with Gasteiger partial charge in [0, 0.05) is 17.8 Å². The van der Waals surface area contributed by atoms with Crippen molar-refractivity contribution in [3.63, 3.8) is 0 Å². The van der Waals surface area contributed by atoms with Crippen LogP contribution in [-0.2, 0) is 23.1 Å². The van der Waals surface area contributed by atoms with E-state index in [9.17, 15) is 34.8 Å². The van der Waals surface area contributed by atoms with Crippen LogP contribution in [0.25, 0.3) is 0 Å². The number of ether oxygens (including phenoxy) is 1. The summed E-state index contributed by atoms with van der Waals surface area (Å²) >= 11 is 5.96. The molecule has 1 aliphatic rings. The van der Waals surface area contributed by atoms with E-state index >= 15 is 0 Å². The number of urea groups is 1. The average molecular weight is 535 g/mol. The van der Waals surface area contributed by atoms with Crippen molar-refractivity contribution in [3.8, 4) is 0 Å². The number of hydrogen-bond donors (Lipinski definition) is 1. The first-order valence-electron chi connectivity index (χ1n) is 9.57. The molecule has 0 radical (unpaired) electrons. The number of esters is 1. The van der Waals surface area contributed by atoms with Crippen LogP contribution in [-0.4, -0.2) is 35.1 Å². The van der Waals surface area contributed by atoms with E-state index in [1.54, 1.807) is 38.2 Å². The Morgan fingerprint density at radius 3 is 2.24 bits per heavy atom. The molecule has 1 aromatic heterocycles. The van der Waals surface area contributed by atoms with Crippen molar-refractivity contribution in [2.45, 2.75) is 19.5 Å². The molecule has 1 atom stereocenters. The number of rotatable bonds is 5. The molecule has 0 aliphatic carbocycles. The molecule has 15 heteroatoms. The first-order valence-corrected chi connectivity index (χ1v) is 12.0. The number of carbonyl (C=O) groups is 2. The van der Waals surface area contributed by atoms with Gasteiger partial charge in [-0.3, -0.25) is 0 Å². The fraction of sp³-hybridized carbons (Fsp3) is 0.316. The normalized spacial score (nSPS) is 18.4. The second-order valence-corrected chi connectivity index (χ2v) is 9.76. The molecule has 2 heterocycles. The van der Waals surface area contributed by atoms with Gasteiger partial charge in [0.05, 0.1) is 18.7 Å². The summed E-state index contributed by atoms with van der Waals surface area (Å²) in [4.78, 5) is 26.4. The summed E-state index contributed by atoms with van der Waals surface area (Å²) < 4.78 is 68.5. The molecule has 2 aromatic rings. The van der Waals surface area contributed by atoms with Gasteiger partial charge in [-0.05, 0) is 24.6 Å². The van der Waals surface area contributed by atoms with E-state index in [2.05, 4.69) is 5.32 Å². The van der Waals surface area contributed by atoms with Gasteiger partial charge in [0.2, 0.25) is 6.33 Å². The van der Waals surface area contributed by atoms with Crippen LogP contribution in [0.5, 0.6) is 0 Å². The number of halogens is 7. The molecule has 7 nitrogen and oxygen atoms in total. The number of benzene rings is 1. The van der Waals surface area contributed by atoms with Crippen LogP contribution in [0.2, 0.25) is 5.02 Å². The predicted molar refractivity (Wildman–Crippen MR) is 113 cm³/mol. The monoisotopic (exact) mass is 534 g/mol. The van der Waals surface area contributed by atoms with Gasteiger partial charge in [0.15, 0.2) is 0 Å². The van der Waals surface area contributed by atoms with Gasteiger partial charge in [-0.2, -0.15) is 0 Å². The van der Waals surface area contributed by atoms with E-state index in [-0.39, 0.29) is 12.6 Å². The van der Waals surface area contributed by atoms with Crippen LogP contribution in [0.4, 0.5) is 30.0 Å². The summed E-state index contributed by atoms with van der Waals surface area (Å²) in [5.41, 5.74) is 1.75. The van der Waals surface area contributed by atoms with E-state index < -0.39 is 19.8 Å². The van der Waals surface area contributed by atoms with Gasteiger partial charge in [0.25, 0.3) is 0 Å². The molecular formula is C19H22ClF6N4O3P. The molecule has 1 unspecified atom stereocenters. The number of allylic oxidation sites excluding steroid dienone is 1. The van der Waals surface area contributed by atoms with Gasteiger partial charge in [0.1, 0.15) is 25.5 Å². The number of imidazole rings is 1. The third-order valence-electron chi connectivity index (χ3n) is 4.58. The number of amides is 2. The Bertz CT molecular complexity index is 1090. The van der Waals surface area contributed by atoms with Crippen LogP contribution in [0.15, 0.2) is 54.3 Å². The van der Waals surface area contributed by atoms with Crippen LogP contribution in [0, 0.1) is 0 Å². The number of nitrogens with one attached hydrogen (secondary N) is 1. The van der Waals surface area contributed by atoms with Crippen molar-refractivity contribution < 1.29 is 44.1 Å². The summed E-state index contributed by atoms with van der Waals surface area (Å²) in [6, 6.07) is 6.18. The topological polar surface area (TPSA) is 67.5 Å². The van der Waals surface area contributed by atoms with Gasteiger partial charge in [-0.25, -0.2) is 18.7 Å². The van der Waals surface area contributed by atoms with Crippen molar-refractivity contribution in [3.05, 3.63) is 64.8 Å². The molecule has 0 saturated heterocycles. The Balaban J connectivity index is 0.000000509. The third-order valence-corrected chi connectivity index (χ3v) is 4.84. The molecule has 2 amide bonds. The summed E-state index contributed by atoms with van der Waals surface area (Å²) in [7, 11) is -7.11. The maximum atomic E-state index is 12.8. The fourth-order valence-corrected chi connectivity index (χ4v) is 3.09.